The number of ether oxygens (including phenoxy) is 1. The molecule has 3 aliphatic rings. The summed E-state index contributed by atoms with van der Waals surface area (Å²) in [5.41, 5.74) is 2.39. The average Bonchev–Trinajstić information content (AvgIpc) is 3.48. The maximum atomic E-state index is 12.8. The van der Waals surface area contributed by atoms with Crippen LogP contribution in [0.2, 0.25) is 0 Å². The first kappa shape index (κ1) is 23.7. The molecule has 3 fully saturated rings. The first-order valence-corrected chi connectivity index (χ1v) is 13.2. The van der Waals surface area contributed by atoms with E-state index in [1.807, 2.05) is 4.90 Å². The number of anilines is 1. The number of hydrogen-bond donors (Lipinski definition) is 0. The molecule has 2 aliphatic heterocycles. The van der Waals surface area contributed by atoms with Crippen molar-refractivity contribution in [3.05, 3.63) is 59.7 Å². The maximum Gasteiger partial charge on any atom is 0.253 e. The molecule has 1 saturated carbocycles. The second-order valence-corrected chi connectivity index (χ2v) is 10.2. The van der Waals surface area contributed by atoms with Crippen molar-refractivity contribution < 1.29 is 9.53 Å². The highest BCUT2D eigenvalue weighted by molar-refractivity contribution is 5.94. The van der Waals surface area contributed by atoms with Crippen molar-refractivity contribution in [2.45, 2.75) is 44.6 Å². The maximum absolute atomic E-state index is 12.8. The van der Waals surface area contributed by atoms with Crippen molar-refractivity contribution in [3.8, 4) is 11.8 Å². The van der Waals surface area contributed by atoms with E-state index in [1.165, 1.54) is 57.3 Å². The summed E-state index contributed by atoms with van der Waals surface area (Å²) in [6, 6.07) is 18.2. The van der Waals surface area contributed by atoms with Crippen LogP contribution in [0.4, 0.5) is 5.69 Å². The summed E-state index contributed by atoms with van der Waals surface area (Å²) in [5.74, 6) is 1.61. The van der Waals surface area contributed by atoms with Gasteiger partial charge in [0.1, 0.15) is 5.75 Å². The van der Waals surface area contributed by atoms with Gasteiger partial charge in [-0.2, -0.15) is 5.26 Å². The molecule has 1 aliphatic carbocycles. The summed E-state index contributed by atoms with van der Waals surface area (Å²) in [6.07, 6.45) is 8.13. The van der Waals surface area contributed by atoms with Crippen molar-refractivity contribution in [2.24, 2.45) is 5.92 Å². The van der Waals surface area contributed by atoms with E-state index in [9.17, 15) is 4.79 Å². The van der Waals surface area contributed by atoms with Crippen LogP contribution in [0, 0.1) is 17.2 Å². The molecule has 2 heterocycles. The van der Waals surface area contributed by atoms with E-state index in [2.05, 4.69) is 40.1 Å². The molecule has 0 unspecified atom stereocenters. The highest BCUT2D eigenvalue weighted by Gasteiger charge is 2.28. The molecule has 2 aromatic carbocycles. The highest BCUT2D eigenvalue weighted by Crippen LogP contribution is 2.28. The second-order valence-electron chi connectivity index (χ2n) is 10.2. The molecule has 6 nitrogen and oxygen atoms in total. The second kappa shape index (κ2) is 11.1. The van der Waals surface area contributed by atoms with Crippen LogP contribution in [0.1, 0.15) is 54.4 Å². The van der Waals surface area contributed by atoms with Crippen molar-refractivity contribution in [3.63, 3.8) is 0 Å². The quantitative estimate of drug-likeness (QED) is 0.617. The molecule has 1 atom stereocenters. The summed E-state index contributed by atoms with van der Waals surface area (Å²) in [7, 11) is 0. The standard InChI is InChI=1S/C29H36N4O2/c30-20-23-7-9-25(10-8-23)29(34)32-18-16-31(17-19-32)27-11-13-28(14-12-27)35-22-24-4-3-15-33(21-24)26-5-1-2-6-26/h7-14,24,26H,1-6,15-19,21-22H2/t24-/m0/s1. The topological polar surface area (TPSA) is 59.8 Å². The lowest BCUT2D eigenvalue weighted by Crippen LogP contribution is -2.48. The van der Waals surface area contributed by atoms with Crippen LogP contribution in [0.15, 0.2) is 48.5 Å². The van der Waals surface area contributed by atoms with Crippen molar-refractivity contribution in [1.82, 2.24) is 9.80 Å². The third kappa shape index (κ3) is 5.79. The molecule has 0 bridgehead atoms. The number of amides is 1. The molecule has 6 heteroatoms. The van der Waals surface area contributed by atoms with Gasteiger partial charge in [-0.25, -0.2) is 0 Å². The summed E-state index contributed by atoms with van der Waals surface area (Å²) in [5, 5.41) is 8.95. The minimum Gasteiger partial charge on any atom is -0.493 e. The Kier molecular flexibility index (Phi) is 7.54. The van der Waals surface area contributed by atoms with Crippen molar-refractivity contribution >= 4 is 11.6 Å². The number of carbonyl (C=O) groups excluding carboxylic acids is 1. The normalized spacial score (nSPS) is 21.6. The Hall–Kier alpha value is -3.04. The van der Waals surface area contributed by atoms with E-state index in [1.54, 1.807) is 24.3 Å². The Balaban J connectivity index is 1.08. The van der Waals surface area contributed by atoms with E-state index in [4.69, 9.17) is 10.00 Å². The van der Waals surface area contributed by atoms with Gasteiger partial charge in [0.05, 0.1) is 18.2 Å². The Morgan fingerprint density at radius 2 is 1.60 bits per heavy atom. The van der Waals surface area contributed by atoms with Gasteiger partial charge >= 0.3 is 0 Å². The molecule has 0 N–H and O–H groups in total. The lowest BCUT2D eigenvalue weighted by Gasteiger charge is -2.37. The SMILES string of the molecule is N#Cc1ccc(C(=O)N2CCN(c3ccc(OC[C@H]4CCCN(C5CCCC5)C4)cc3)CC2)cc1. The number of piperazine rings is 1. The third-order valence-electron chi connectivity index (χ3n) is 7.91. The number of rotatable bonds is 6. The zero-order valence-corrected chi connectivity index (χ0v) is 20.6. The molecule has 5 rings (SSSR count). The molecule has 2 aromatic rings. The number of hydrogen-bond acceptors (Lipinski definition) is 5. The van der Waals surface area contributed by atoms with Crippen LogP contribution in [-0.4, -0.2) is 67.6 Å². The molecule has 35 heavy (non-hydrogen) atoms. The molecule has 2 saturated heterocycles. The lowest BCUT2D eigenvalue weighted by molar-refractivity contribution is 0.0747. The molecular formula is C29H36N4O2. The molecule has 1 amide bonds. The van der Waals surface area contributed by atoms with Gasteiger partial charge in [0, 0.05) is 55.9 Å². The number of nitrogens with zero attached hydrogens (tertiary/aromatic N) is 4. The Labute approximate surface area is 209 Å². The number of benzene rings is 2. The molecule has 0 aromatic heterocycles. The van der Waals surface area contributed by atoms with Crippen molar-refractivity contribution in [1.29, 1.82) is 5.26 Å². The van der Waals surface area contributed by atoms with Gasteiger partial charge < -0.3 is 14.5 Å². The molecule has 0 spiro atoms. The van der Waals surface area contributed by atoms with Gasteiger partial charge in [-0.05, 0) is 80.8 Å². The Morgan fingerprint density at radius 3 is 2.29 bits per heavy atom. The number of carbonyl (C=O) groups is 1. The Bertz CT molecular complexity index is 1020. The molecular weight excluding hydrogens is 436 g/mol. The van der Waals surface area contributed by atoms with E-state index in [0.29, 0.717) is 30.1 Å². The molecule has 0 radical (unpaired) electrons. The average molecular weight is 473 g/mol. The van der Waals surface area contributed by atoms with Crippen LogP contribution < -0.4 is 9.64 Å². The number of likely N-dealkylation sites (tertiary alicyclic amines) is 1. The predicted octanol–water partition coefficient (Wildman–Crippen LogP) is 4.55. The summed E-state index contributed by atoms with van der Waals surface area (Å²) in [4.78, 5) is 19.7. The number of nitriles is 1. The monoisotopic (exact) mass is 472 g/mol. The Morgan fingerprint density at radius 1 is 0.886 bits per heavy atom. The van der Waals surface area contributed by atoms with E-state index < -0.39 is 0 Å². The van der Waals surface area contributed by atoms with E-state index >= 15 is 0 Å². The van der Waals surface area contributed by atoms with Gasteiger partial charge in [0.25, 0.3) is 5.91 Å². The number of piperidine rings is 1. The lowest BCUT2D eigenvalue weighted by atomic mass is 9.97. The minimum absolute atomic E-state index is 0.0343. The third-order valence-corrected chi connectivity index (χ3v) is 7.91. The molecule has 184 valence electrons. The van der Waals surface area contributed by atoms with Crippen LogP contribution >= 0.6 is 0 Å². The fraction of sp³-hybridized carbons (Fsp3) is 0.517. The van der Waals surface area contributed by atoms with E-state index in [-0.39, 0.29) is 5.91 Å². The first-order valence-electron chi connectivity index (χ1n) is 13.2. The smallest absolute Gasteiger partial charge is 0.253 e. The van der Waals surface area contributed by atoms with Crippen molar-refractivity contribution in [2.75, 3.05) is 50.8 Å². The van der Waals surface area contributed by atoms with Gasteiger partial charge in [-0.1, -0.05) is 12.8 Å². The summed E-state index contributed by atoms with van der Waals surface area (Å²) < 4.78 is 6.19. The van der Waals surface area contributed by atoms with Crippen LogP contribution in [-0.2, 0) is 0 Å². The van der Waals surface area contributed by atoms with Crippen LogP contribution in [0.3, 0.4) is 0 Å². The highest BCUT2D eigenvalue weighted by atomic mass is 16.5. The van der Waals surface area contributed by atoms with E-state index in [0.717, 1.165) is 31.5 Å². The zero-order valence-electron chi connectivity index (χ0n) is 20.6. The summed E-state index contributed by atoms with van der Waals surface area (Å²) >= 11 is 0. The minimum atomic E-state index is 0.0343. The van der Waals surface area contributed by atoms with Crippen LogP contribution in [0.5, 0.6) is 5.75 Å². The largest absolute Gasteiger partial charge is 0.493 e. The van der Waals surface area contributed by atoms with Gasteiger partial charge in [0.2, 0.25) is 0 Å². The van der Waals surface area contributed by atoms with Gasteiger partial charge in [-0.3, -0.25) is 9.69 Å². The zero-order chi connectivity index (χ0) is 24.0. The fourth-order valence-electron chi connectivity index (χ4n) is 5.84. The predicted molar refractivity (Wildman–Crippen MR) is 138 cm³/mol. The fourth-order valence-corrected chi connectivity index (χ4v) is 5.84. The van der Waals surface area contributed by atoms with Gasteiger partial charge in [-0.15, -0.1) is 0 Å². The van der Waals surface area contributed by atoms with Gasteiger partial charge in [0.15, 0.2) is 0 Å². The van der Waals surface area contributed by atoms with Crippen LogP contribution in [0.25, 0.3) is 0 Å². The summed E-state index contributed by atoms with van der Waals surface area (Å²) in [6.45, 7) is 6.25. The first-order chi connectivity index (χ1) is 17.2.